The summed E-state index contributed by atoms with van der Waals surface area (Å²) in [4.78, 5) is 0. The molecule has 0 aliphatic rings. The Morgan fingerprint density at radius 2 is 2.00 bits per heavy atom. The van der Waals surface area contributed by atoms with Crippen molar-refractivity contribution >= 4 is 23.2 Å². The molecule has 0 radical (unpaired) electrons. The fourth-order valence-corrected chi connectivity index (χ4v) is 2.65. The minimum atomic E-state index is -0.415. The normalized spacial score (nSPS) is 12.2. The van der Waals surface area contributed by atoms with E-state index in [0.29, 0.717) is 11.4 Å². The van der Waals surface area contributed by atoms with Crippen molar-refractivity contribution in [2.45, 2.75) is 12.5 Å². The van der Waals surface area contributed by atoms with E-state index < -0.39 is 5.82 Å². The van der Waals surface area contributed by atoms with Crippen LogP contribution in [-0.2, 0) is 6.42 Å². The Morgan fingerprint density at radius 3 is 2.67 bits per heavy atom. The molecule has 0 aliphatic heterocycles. The molecule has 0 spiro atoms. The first-order valence-corrected chi connectivity index (χ1v) is 7.26. The molecule has 0 amide bonds. The summed E-state index contributed by atoms with van der Waals surface area (Å²) in [6, 6.07) is 10.2. The zero-order valence-electron chi connectivity index (χ0n) is 11.8. The molecule has 2 nitrogen and oxygen atoms in total. The van der Waals surface area contributed by atoms with E-state index in [1.807, 2.05) is 25.2 Å². The van der Waals surface area contributed by atoms with E-state index in [0.717, 1.165) is 16.9 Å². The van der Waals surface area contributed by atoms with Gasteiger partial charge >= 0.3 is 0 Å². The average molecular weight is 328 g/mol. The number of likely N-dealkylation sites (N-methyl/N-ethyl adjacent to an activating group) is 1. The van der Waals surface area contributed by atoms with Crippen LogP contribution in [0.3, 0.4) is 0 Å². The topological polar surface area (TPSA) is 21.3 Å². The molecule has 21 heavy (non-hydrogen) atoms. The van der Waals surface area contributed by atoms with Gasteiger partial charge in [0, 0.05) is 16.6 Å². The van der Waals surface area contributed by atoms with Crippen molar-refractivity contribution in [3.05, 3.63) is 63.4 Å². The third-order valence-corrected chi connectivity index (χ3v) is 4.03. The van der Waals surface area contributed by atoms with E-state index in [2.05, 4.69) is 5.32 Å². The Morgan fingerprint density at radius 1 is 1.24 bits per heavy atom. The van der Waals surface area contributed by atoms with Gasteiger partial charge in [-0.2, -0.15) is 0 Å². The fourth-order valence-electron chi connectivity index (χ4n) is 2.27. The van der Waals surface area contributed by atoms with Crippen molar-refractivity contribution in [1.82, 2.24) is 5.32 Å². The molecule has 0 saturated heterocycles. The maximum atomic E-state index is 13.5. The third kappa shape index (κ3) is 3.67. The lowest BCUT2D eigenvalue weighted by molar-refractivity contribution is 0.401. The van der Waals surface area contributed by atoms with Gasteiger partial charge in [0.05, 0.1) is 12.1 Å². The first kappa shape index (κ1) is 16.1. The smallest absolute Gasteiger partial charge is 0.142 e. The summed E-state index contributed by atoms with van der Waals surface area (Å²) in [5.41, 5.74) is 1.64. The van der Waals surface area contributed by atoms with Gasteiger partial charge in [0.15, 0.2) is 0 Å². The number of nitrogens with one attached hydrogen (secondary N) is 1. The van der Waals surface area contributed by atoms with Gasteiger partial charge in [0.25, 0.3) is 0 Å². The second-order valence-corrected chi connectivity index (χ2v) is 5.46. The Hall–Kier alpha value is -1.29. The molecule has 0 saturated carbocycles. The predicted octanol–water partition coefficient (Wildman–Crippen LogP) is 4.64. The molecule has 2 rings (SSSR count). The summed E-state index contributed by atoms with van der Waals surface area (Å²) in [6.07, 6.45) is 0.532. The molecule has 1 unspecified atom stereocenters. The van der Waals surface area contributed by atoms with E-state index in [1.54, 1.807) is 19.2 Å². The average Bonchev–Trinajstić information content (AvgIpc) is 2.49. The van der Waals surface area contributed by atoms with Crippen LogP contribution in [0.25, 0.3) is 0 Å². The van der Waals surface area contributed by atoms with Gasteiger partial charge in [0.1, 0.15) is 11.6 Å². The highest BCUT2D eigenvalue weighted by molar-refractivity contribution is 6.31. The van der Waals surface area contributed by atoms with E-state index in [9.17, 15) is 4.39 Å². The molecule has 0 bridgehead atoms. The van der Waals surface area contributed by atoms with Crippen LogP contribution in [0, 0.1) is 5.82 Å². The van der Waals surface area contributed by atoms with Crippen molar-refractivity contribution < 1.29 is 9.13 Å². The second-order valence-electron chi connectivity index (χ2n) is 4.64. The van der Waals surface area contributed by atoms with Crippen molar-refractivity contribution in [3.8, 4) is 5.75 Å². The third-order valence-electron chi connectivity index (χ3n) is 3.37. The molecule has 2 aromatic rings. The Bertz CT molecular complexity index is 634. The Kier molecular flexibility index (Phi) is 5.45. The Labute approximate surface area is 133 Å². The maximum Gasteiger partial charge on any atom is 0.142 e. The summed E-state index contributed by atoms with van der Waals surface area (Å²) in [6.45, 7) is 0. The summed E-state index contributed by atoms with van der Waals surface area (Å²) in [5.74, 6) is 0.313. The predicted molar refractivity (Wildman–Crippen MR) is 84.9 cm³/mol. The van der Waals surface area contributed by atoms with Gasteiger partial charge in [0.2, 0.25) is 0 Å². The number of benzene rings is 2. The number of ether oxygens (including phenoxy) is 1. The van der Waals surface area contributed by atoms with Gasteiger partial charge in [-0.05, 0) is 43.3 Å². The van der Waals surface area contributed by atoms with Gasteiger partial charge in [-0.1, -0.05) is 35.3 Å². The van der Waals surface area contributed by atoms with Crippen molar-refractivity contribution in [2.75, 3.05) is 14.2 Å². The van der Waals surface area contributed by atoms with Gasteiger partial charge in [-0.3, -0.25) is 0 Å². The molecule has 1 N–H and O–H groups in total. The first-order chi connectivity index (χ1) is 10.1. The Balaban J connectivity index is 2.36. The van der Waals surface area contributed by atoms with Crippen LogP contribution in [0.2, 0.25) is 10.0 Å². The fraction of sp³-hybridized carbons (Fsp3) is 0.250. The quantitative estimate of drug-likeness (QED) is 0.863. The van der Waals surface area contributed by atoms with Gasteiger partial charge < -0.3 is 10.1 Å². The highest BCUT2D eigenvalue weighted by atomic mass is 35.5. The second kappa shape index (κ2) is 7.12. The number of rotatable bonds is 5. The number of methoxy groups -OCH3 is 1. The summed E-state index contributed by atoms with van der Waals surface area (Å²) < 4.78 is 18.9. The first-order valence-electron chi connectivity index (χ1n) is 6.50. The number of hydrogen-bond acceptors (Lipinski definition) is 2. The molecule has 0 aliphatic carbocycles. The molecular weight excluding hydrogens is 312 g/mol. The van der Waals surface area contributed by atoms with E-state index in [1.165, 1.54) is 6.07 Å². The van der Waals surface area contributed by atoms with Crippen LogP contribution in [0.15, 0.2) is 36.4 Å². The molecular formula is C16H16Cl2FNO. The molecule has 2 aromatic carbocycles. The van der Waals surface area contributed by atoms with E-state index >= 15 is 0 Å². The van der Waals surface area contributed by atoms with Crippen LogP contribution in [0.5, 0.6) is 5.75 Å². The van der Waals surface area contributed by atoms with Gasteiger partial charge in [-0.25, -0.2) is 4.39 Å². The summed E-state index contributed by atoms with van der Waals surface area (Å²) >= 11 is 12.1. The molecule has 0 fully saturated rings. The molecule has 1 atom stereocenters. The number of hydrogen-bond donors (Lipinski definition) is 1. The zero-order chi connectivity index (χ0) is 15.4. The lowest BCUT2D eigenvalue weighted by atomic mass is 9.98. The van der Waals surface area contributed by atoms with Crippen molar-refractivity contribution in [1.29, 1.82) is 0 Å². The van der Waals surface area contributed by atoms with E-state index in [-0.39, 0.29) is 11.1 Å². The number of halogens is 3. The lowest BCUT2D eigenvalue weighted by Crippen LogP contribution is -2.20. The lowest BCUT2D eigenvalue weighted by Gasteiger charge is -2.20. The summed E-state index contributed by atoms with van der Waals surface area (Å²) in [5, 5.41) is 3.97. The molecule has 112 valence electrons. The largest absolute Gasteiger partial charge is 0.496 e. The van der Waals surface area contributed by atoms with Crippen LogP contribution in [0.1, 0.15) is 17.2 Å². The van der Waals surface area contributed by atoms with Crippen LogP contribution < -0.4 is 10.1 Å². The maximum absolute atomic E-state index is 13.5. The molecule has 0 heterocycles. The molecule has 0 aromatic heterocycles. The van der Waals surface area contributed by atoms with Crippen molar-refractivity contribution in [2.24, 2.45) is 0 Å². The minimum absolute atomic E-state index is 0.0852. The van der Waals surface area contributed by atoms with Gasteiger partial charge in [-0.15, -0.1) is 0 Å². The standard InChI is InChI=1S/C16H16Cl2FNO/c1-20-14(8-10-4-3-5-13(19)16(10)18)12-9-11(17)6-7-15(12)21-2/h3-7,9,14,20H,8H2,1-2H3. The highest BCUT2D eigenvalue weighted by Crippen LogP contribution is 2.32. The zero-order valence-corrected chi connectivity index (χ0v) is 13.3. The van der Waals surface area contributed by atoms with Crippen molar-refractivity contribution in [3.63, 3.8) is 0 Å². The SMILES string of the molecule is CNC(Cc1cccc(F)c1Cl)c1cc(Cl)ccc1OC. The van der Waals surface area contributed by atoms with Crippen LogP contribution in [-0.4, -0.2) is 14.2 Å². The summed E-state index contributed by atoms with van der Waals surface area (Å²) in [7, 11) is 3.44. The highest BCUT2D eigenvalue weighted by Gasteiger charge is 2.18. The molecule has 5 heteroatoms. The minimum Gasteiger partial charge on any atom is -0.496 e. The van der Waals surface area contributed by atoms with Crippen LogP contribution in [0.4, 0.5) is 4.39 Å². The van der Waals surface area contributed by atoms with E-state index in [4.69, 9.17) is 27.9 Å². The monoisotopic (exact) mass is 327 g/mol. The van der Waals surface area contributed by atoms with Crippen LogP contribution >= 0.6 is 23.2 Å².